The van der Waals surface area contributed by atoms with Crippen LogP contribution in [0, 0.1) is 20.8 Å². The van der Waals surface area contributed by atoms with Crippen molar-refractivity contribution in [1.82, 2.24) is 15.0 Å². The topological polar surface area (TPSA) is 70.7 Å². The van der Waals surface area contributed by atoms with E-state index in [0.29, 0.717) is 0 Å². The first-order valence-electron chi connectivity index (χ1n) is 8.75. The van der Waals surface area contributed by atoms with Crippen molar-refractivity contribution in [2.24, 2.45) is 0 Å². The van der Waals surface area contributed by atoms with Gasteiger partial charge in [-0.1, -0.05) is 47.7 Å². The first kappa shape index (κ1) is 17.5. The molecule has 2 aromatic carbocycles. The van der Waals surface area contributed by atoms with Gasteiger partial charge in [-0.2, -0.15) is 0 Å². The number of para-hydroxylation sites is 1. The number of aromatic nitrogens is 3. The van der Waals surface area contributed by atoms with E-state index in [1.54, 1.807) is 6.33 Å². The summed E-state index contributed by atoms with van der Waals surface area (Å²) in [5.74, 6) is 0.242. The lowest BCUT2D eigenvalue weighted by molar-refractivity contribution is -0.113. The summed E-state index contributed by atoms with van der Waals surface area (Å²) < 4.78 is 0. The fraction of sp³-hybridized carbons (Fsp3) is 0.190. The molecule has 2 heterocycles. The molecule has 0 bridgehead atoms. The predicted octanol–water partition coefficient (Wildman–Crippen LogP) is 4.77. The second kappa shape index (κ2) is 7.04. The summed E-state index contributed by atoms with van der Waals surface area (Å²) in [7, 11) is 0. The first-order valence-corrected chi connectivity index (χ1v) is 9.73. The third-order valence-corrected chi connectivity index (χ3v) is 5.53. The number of fused-ring (bicyclic) bond motifs is 3. The van der Waals surface area contributed by atoms with E-state index >= 15 is 0 Å². The molecule has 27 heavy (non-hydrogen) atoms. The fourth-order valence-corrected chi connectivity index (χ4v) is 4.17. The molecule has 0 atom stereocenters. The van der Waals surface area contributed by atoms with Crippen LogP contribution in [0.3, 0.4) is 0 Å². The van der Waals surface area contributed by atoms with Gasteiger partial charge in [-0.3, -0.25) is 4.79 Å². The van der Waals surface area contributed by atoms with Gasteiger partial charge >= 0.3 is 0 Å². The highest BCUT2D eigenvalue weighted by atomic mass is 32.2. The standard InChI is InChI=1S/C21H20N4OS/c1-12-8-13(2)18(14(3)9-12)25-17(26)10-27-21-20-19(22-11-23-21)15-6-4-5-7-16(15)24-20/h4-9,11,24H,10H2,1-3H3,(H,25,26). The van der Waals surface area contributed by atoms with Crippen LogP contribution < -0.4 is 5.32 Å². The fourth-order valence-electron chi connectivity index (χ4n) is 3.42. The molecule has 6 heteroatoms. The molecule has 4 rings (SSSR count). The van der Waals surface area contributed by atoms with Crippen LogP contribution >= 0.6 is 11.8 Å². The number of carbonyl (C=O) groups excluding carboxylic acids is 1. The van der Waals surface area contributed by atoms with Gasteiger partial charge < -0.3 is 10.3 Å². The van der Waals surface area contributed by atoms with Crippen molar-refractivity contribution in [2.45, 2.75) is 25.8 Å². The largest absolute Gasteiger partial charge is 0.351 e. The van der Waals surface area contributed by atoms with Crippen LogP contribution in [0.15, 0.2) is 47.8 Å². The van der Waals surface area contributed by atoms with Crippen molar-refractivity contribution in [1.29, 1.82) is 0 Å². The lowest BCUT2D eigenvalue weighted by atomic mass is 10.1. The minimum absolute atomic E-state index is 0.0436. The van der Waals surface area contributed by atoms with Crippen molar-refractivity contribution in [3.8, 4) is 0 Å². The van der Waals surface area contributed by atoms with Gasteiger partial charge in [0.2, 0.25) is 5.91 Å². The van der Waals surface area contributed by atoms with Crippen LogP contribution in [0.1, 0.15) is 16.7 Å². The Morgan fingerprint density at radius 1 is 1.11 bits per heavy atom. The van der Waals surface area contributed by atoms with Gasteiger partial charge in [0.05, 0.1) is 11.3 Å². The van der Waals surface area contributed by atoms with Crippen LogP contribution in [-0.2, 0) is 4.79 Å². The minimum atomic E-state index is -0.0436. The number of amides is 1. The lowest BCUT2D eigenvalue weighted by Gasteiger charge is -2.12. The van der Waals surface area contributed by atoms with Crippen molar-refractivity contribution >= 4 is 45.3 Å². The Hall–Kier alpha value is -2.86. The molecule has 136 valence electrons. The Labute approximate surface area is 161 Å². The monoisotopic (exact) mass is 376 g/mol. The van der Waals surface area contributed by atoms with Crippen LogP contribution in [0.4, 0.5) is 5.69 Å². The molecule has 1 amide bonds. The Bertz CT molecular complexity index is 1140. The molecule has 2 aromatic heterocycles. The summed E-state index contributed by atoms with van der Waals surface area (Å²) in [6.45, 7) is 6.09. The molecule has 0 radical (unpaired) electrons. The molecule has 0 fully saturated rings. The smallest absolute Gasteiger partial charge is 0.234 e. The van der Waals surface area contributed by atoms with Gasteiger partial charge in [0, 0.05) is 16.6 Å². The Morgan fingerprint density at radius 2 is 1.85 bits per heavy atom. The third-order valence-electron chi connectivity index (χ3n) is 4.54. The van der Waals surface area contributed by atoms with E-state index in [9.17, 15) is 4.79 Å². The van der Waals surface area contributed by atoms with Gasteiger partial charge in [-0.25, -0.2) is 9.97 Å². The highest BCUT2D eigenvalue weighted by Crippen LogP contribution is 2.30. The van der Waals surface area contributed by atoms with Crippen molar-refractivity contribution in [3.63, 3.8) is 0 Å². The van der Waals surface area contributed by atoms with E-state index in [0.717, 1.165) is 43.8 Å². The maximum absolute atomic E-state index is 12.5. The van der Waals surface area contributed by atoms with E-state index in [2.05, 4.69) is 39.3 Å². The average Bonchev–Trinajstić information content (AvgIpc) is 3.02. The number of thioether (sulfide) groups is 1. The number of aromatic amines is 1. The molecule has 0 aliphatic rings. The number of anilines is 1. The molecule has 0 aliphatic carbocycles. The Morgan fingerprint density at radius 3 is 2.63 bits per heavy atom. The minimum Gasteiger partial charge on any atom is -0.351 e. The average molecular weight is 376 g/mol. The van der Waals surface area contributed by atoms with Crippen LogP contribution in [0.25, 0.3) is 21.9 Å². The molecule has 2 N–H and O–H groups in total. The number of nitrogens with one attached hydrogen (secondary N) is 2. The Balaban J connectivity index is 1.54. The number of rotatable bonds is 4. The van der Waals surface area contributed by atoms with Gasteiger partial charge in [0.15, 0.2) is 0 Å². The zero-order valence-electron chi connectivity index (χ0n) is 15.5. The maximum atomic E-state index is 12.5. The molecule has 4 aromatic rings. The molecule has 0 spiro atoms. The second-order valence-corrected chi connectivity index (χ2v) is 7.65. The van der Waals surface area contributed by atoms with Crippen molar-refractivity contribution in [2.75, 3.05) is 11.1 Å². The zero-order valence-corrected chi connectivity index (χ0v) is 16.3. The van der Waals surface area contributed by atoms with Crippen LogP contribution in [0.2, 0.25) is 0 Å². The number of hydrogen-bond acceptors (Lipinski definition) is 4. The number of aryl methyl sites for hydroxylation is 3. The number of benzene rings is 2. The van der Waals surface area contributed by atoms with E-state index in [1.165, 1.54) is 17.3 Å². The van der Waals surface area contributed by atoms with Crippen molar-refractivity contribution in [3.05, 3.63) is 59.4 Å². The molecule has 0 aliphatic heterocycles. The number of H-pyrrole nitrogens is 1. The number of hydrogen-bond donors (Lipinski definition) is 2. The highest BCUT2D eigenvalue weighted by molar-refractivity contribution is 8.00. The summed E-state index contributed by atoms with van der Waals surface area (Å²) >= 11 is 1.41. The summed E-state index contributed by atoms with van der Waals surface area (Å²) in [6.07, 6.45) is 1.55. The zero-order chi connectivity index (χ0) is 19.0. The SMILES string of the molecule is Cc1cc(C)c(NC(=O)CSc2ncnc3c2[nH]c2ccccc23)c(C)c1. The molecule has 0 saturated heterocycles. The van der Waals surface area contributed by atoms with E-state index in [4.69, 9.17) is 0 Å². The van der Waals surface area contributed by atoms with E-state index < -0.39 is 0 Å². The first-order chi connectivity index (χ1) is 13.0. The van der Waals surface area contributed by atoms with Gasteiger partial charge in [0.25, 0.3) is 0 Å². The maximum Gasteiger partial charge on any atom is 0.234 e. The molecule has 0 saturated carbocycles. The highest BCUT2D eigenvalue weighted by Gasteiger charge is 2.13. The second-order valence-electron chi connectivity index (χ2n) is 6.68. The summed E-state index contributed by atoms with van der Waals surface area (Å²) in [6, 6.07) is 12.2. The van der Waals surface area contributed by atoms with Crippen LogP contribution in [-0.4, -0.2) is 26.6 Å². The number of nitrogens with zero attached hydrogens (tertiary/aromatic N) is 2. The summed E-state index contributed by atoms with van der Waals surface area (Å²) in [5, 5.41) is 4.88. The molecule has 5 nitrogen and oxygen atoms in total. The number of carbonyl (C=O) groups is 1. The van der Waals surface area contributed by atoms with Crippen molar-refractivity contribution < 1.29 is 4.79 Å². The summed E-state index contributed by atoms with van der Waals surface area (Å²) in [5.41, 5.74) is 7.01. The quantitative estimate of drug-likeness (QED) is 0.398. The summed E-state index contributed by atoms with van der Waals surface area (Å²) in [4.78, 5) is 24.6. The third kappa shape index (κ3) is 3.40. The molecular weight excluding hydrogens is 356 g/mol. The Kier molecular flexibility index (Phi) is 4.58. The van der Waals surface area contributed by atoms with Gasteiger partial charge in [0.1, 0.15) is 16.9 Å². The van der Waals surface area contributed by atoms with Crippen LogP contribution in [0.5, 0.6) is 0 Å². The predicted molar refractivity (Wildman–Crippen MR) is 111 cm³/mol. The normalized spacial score (nSPS) is 11.2. The lowest BCUT2D eigenvalue weighted by Crippen LogP contribution is -2.16. The molecular formula is C21H20N4OS. The van der Waals surface area contributed by atoms with Gasteiger partial charge in [-0.05, 0) is 38.0 Å². The van der Waals surface area contributed by atoms with E-state index in [-0.39, 0.29) is 11.7 Å². The van der Waals surface area contributed by atoms with E-state index in [1.807, 2.05) is 38.1 Å². The van der Waals surface area contributed by atoms with Gasteiger partial charge in [-0.15, -0.1) is 0 Å². The molecule has 0 unspecified atom stereocenters.